The van der Waals surface area contributed by atoms with Crippen LogP contribution in [-0.4, -0.2) is 29.6 Å². The largest absolute Gasteiger partial charge is 0.326 e. The maximum absolute atomic E-state index is 6.52. The quantitative estimate of drug-likeness (QED) is 0.737. The fourth-order valence-electron chi connectivity index (χ4n) is 3.48. The molecular formula is C15H32N2. The van der Waals surface area contributed by atoms with E-state index in [-0.39, 0.29) is 0 Å². The Balaban J connectivity index is 2.79. The molecule has 102 valence electrons. The van der Waals surface area contributed by atoms with E-state index in [0.717, 1.165) is 0 Å². The van der Waals surface area contributed by atoms with Crippen LogP contribution in [0.1, 0.15) is 72.1 Å². The Morgan fingerprint density at radius 2 is 1.71 bits per heavy atom. The molecule has 0 aromatic heterocycles. The van der Waals surface area contributed by atoms with Gasteiger partial charge in [-0.1, -0.05) is 46.5 Å². The number of rotatable bonds is 7. The molecule has 0 radical (unpaired) electrons. The van der Waals surface area contributed by atoms with Gasteiger partial charge < -0.3 is 5.73 Å². The highest BCUT2D eigenvalue weighted by Gasteiger charge is 2.42. The summed E-state index contributed by atoms with van der Waals surface area (Å²) in [6.45, 7) is 9.31. The maximum atomic E-state index is 6.52. The zero-order chi connectivity index (χ0) is 12.7. The van der Waals surface area contributed by atoms with Crippen LogP contribution in [0.25, 0.3) is 0 Å². The van der Waals surface area contributed by atoms with Crippen molar-refractivity contribution >= 4 is 0 Å². The average Bonchev–Trinajstić information content (AvgIpc) is 2.36. The number of hydrogen-bond donors (Lipinski definition) is 1. The lowest BCUT2D eigenvalue weighted by molar-refractivity contribution is 0.0141. The minimum absolute atomic E-state index is 0.318. The topological polar surface area (TPSA) is 29.3 Å². The second kappa shape index (κ2) is 7.38. The third-order valence-corrected chi connectivity index (χ3v) is 4.57. The van der Waals surface area contributed by atoms with Crippen molar-refractivity contribution in [1.82, 2.24) is 4.90 Å². The average molecular weight is 240 g/mol. The first-order chi connectivity index (χ1) is 8.21. The van der Waals surface area contributed by atoms with Gasteiger partial charge in [0.15, 0.2) is 0 Å². The molecule has 1 fully saturated rings. The van der Waals surface area contributed by atoms with Crippen molar-refractivity contribution in [3.05, 3.63) is 0 Å². The Kier molecular flexibility index (Phi) is 6.50. The van der Waals surface area contributed by atoms with Gasteiger partial charge in [-0.05, 0) is 38.8 Å². The molecule has 2 heteroatoms. The summed E-state index contributed by atoms with van der Waals surface area (Å²) in [6, 6.07) is 0.397. The monoisotopic (exact) mass is 240 g/mol. The van der Waals surface area contributed by atoms with Crippen LogP contribution < -0.4 is 5.73 Å². The summed E-state index contributed by atoms with van der Waals surface area (Å²) >= 11 is 0. The van der Waals surface area contributed by atoms with Gasteiger partial charge in [0, 0.05) is 11.6 Å². The fourth-order valence-corrected chi connectivity index (χ4v) is 3.48. The van der Waals surface area contributed by atoms with E-state index in [4.69, 9.17) is 5.73 Å². The van der Waals surface area contributed by atoms with Crippen molar-refractivity contribution in [2.75, 3.05) is 13.1 Å². The van der Waals surface area contributed by atoms with Crippen molar-refractivity contribution in [1.29, 1.82) is 0 Å². The Morgan fingerprint density at radius 1 is 1.12 bits per heavy atom. The summed E-state index contributed by atoms with van der Waals surface area (Å²) in [6.07, 6.45) is 10.4. The van der Waals surface area contributed by atoms with E-state index in [1.807, 2.05) is 0 Å². The Bertz CT molecular complexity index is 195. The molecule has 1 heterocycles. The van der Waals surface area contributed by atoms with Crippen LogP contribution in [0.5, 0.6) is 0 Å². The van der Waals surface area contributed by atoms with E-state index >= 15 is 0 Å². The van der Waals surface area contributed by atoms with Crippen LogP contribution in [0.2, 0.25) is 0 Å². The van der Waals surface area contributed by atoms with Gasteiger partial charge in [0.05, 0.1) is 0 Å². The number of likely N-dealkylation sites (N-methyl/N-ethyl adjacent to an activating group) is 1. The number of nitrogens with two attached hydrogens (primary N) is 1. The van der Waals surface area contributed by atoms with Crippen LogP contribution >= 0.6 is 0 Å². The van der Waals surface area contributed by atoms with Gasteiger partial charge in [-0.25, -0.2) is 0 Å². The molecule has 1 atom stereocenters. The molecule has 0 bridgehead atoms. The first-order valence-corrected chi connectivity index (χ1v) is 7.71. The summed E-state index contributed by atoms with van der Waals surface area (Å²) in [4.78, 5) is 2.69. The molecule has 17 heavy (non-hydrogen) atoms. The number of piperidine rings is 1. The molecule has 1 rings (SSSR count). The molecule has 2 nitrogen and oxygen atoms in total. The van der Waals surface area contributed by atoms with Gasteiger partial charge in [0.25, 0.3) is 0 Å². The number of nitrogens with zero attached hydrogens (tertiary/aromatic N) is 1. The van der Waals surface area contributed by atoms with Gasteiger partial charge in [0.2, 0.25) is 0 Å². The molecule has 1 unspecified atom stereocenters. The van der Waals surface area contributed by atoms with Crippen molar-refractivity contribution < 1.29 is 0 Å². The molecule has 0 amide bonds. The van der Waals surface area contributed by atoms with Gasteiger partial charge >= 0.3 is 0 Å². The number of unbranched alkanes of at least 4 members (excludes halogenated alkanes) is 2. The minimum atomic E-state index is 0.318. The zero-order valence-electron chi connectivity index (χ0n) is 12.2. The molecule has 0 aromatic rings. The standard InChI is InChI=1S/C15H32N2/c1-4-7-11-15(12-8-5-2)14(16)10-9-13-17(15)6-3/h14H,4-13,16H2,1-3H3. The van der Waals surface area contributed by atoms with Crippen LogP contribution in [0.3, 0.4) is 0 Å². The molecule has 0 aromatic carbocycles. The third kappa shape index (κ3) is 3.45. The Hall–Kier alpha value is -0.0800. The second-order valence-electron chi connectivity index (χ2n) is 5.64. The molecule has 0 saturated carbocycles. The van der Waals surface area contributed by atoms with E-state index < -0.39 is 0 Å². The molecule has 2 N–H and O–H groups in total. The summed E-state index contributed by atoms with van der Waals surface area (Å²) in [5.41, 5.74) is 6.84. The van der Waals surface area contributed by atoms with E-state index in [1.165, 1.54) is 64.5 Å². The molecular weight excluding hydrogens is 208 g/mol. The van der Waals surface area contributed by atoms with Crippen LogP contribution in [0.15, 0.2) is 0 Å². The van der Waals surface area contributed by atoms with Crippen molar-refractivity contribution in [3.63, 3.8) is 0 Å². The van der Waals surface area contributed by atoms with Crippen molar-refractivity contribution in [2.24, 2.45) is 5.73 Å². The highest BCUT2D eigenvalue weighted by molar-refractivity contribution is 5.01. The molecule has 1 aliphatic rings. The summed E-state index contributed by atoms with van der Waals surface area (Å²) in [5.74, 6) is 0. The molecule has 0 spiro atoms. The second-order valence-corrected chi connectivity index (χ2v) is 5.64. The summed E-state index contributed by atoms with van der Waals surface area (Å²) in [7, 11) is 0. The number of likely N-dealkylation sites (tertiary alicyclic amines) is 1. The van der Waals surface area contributed by atoms with Gasteiger partial charge in [-0.3, -0.25) is 4.90 Å². The third-order valence-electron chi connectivity index (χ3n) is 4.57. The van der Waals surface area contributed by atoms with E-state index in [2.05, 4.69) is 25.7 Å². The molecule has 1 aliphatic heterocycles. The smallest absolute Gasteiger partial charge is 0.0360 e. The summed E-state index contributed by atoms with van der Waals surface area (Å²) < 4.78 is 0. The SMILES string of the molecule is CCCCC1(CCCC)C(N)CCCN1CC. The maximum Gasteiger partial charge on any atom is 0.0360 e. The highest BCUT2D eigenvalue weighted by Crippen LogP contribution is 2.36. The molecule has 1 saturated heterocycles. The minimum Gasteiger partial charge on any atom is -0.326 e. The Morgan fingerprint density at radius 3 is 2.18 bits per heavy atom. The van der Waals surface area contributed by atoms with E-state index in [1.54, 1.807) is 0 Å². The van der Waals surface area contributed by atoms with Crippen LogP contribution in [0.4, 0.5) is 0 Å². The molecule has 0 aliphatic carbocycles. The normalized spacial score (nSPS) is 25.1. The fraction of sp³-hybridized carbons (Fsp3) is 1.00. The van der Waals surface area contributed by atoms with Crippen LogP contribution in [-0.2, 0) is 0 Å². The zero-order valence-corrected chi connectivity index (χ0v) is 12.2. The van der Waals surface area contributed by atoms with Gasteiger partial charge in [-0.2, -0.15) is 0 Å². The Labute approximate surface area is 108 Å². The van der Waals surface area contributed by atoms with Crippen molar-refractivity contribution in [2.45, 2.75) is 83.7 Å². The first-order valence-electron chi connectivity index (χ1n) is 7.71. The van der Waals surface area contributed by atoms with Gasteiger partial charge in [-0.15, -0.1) is 0 Å². The lowest BCUT2D eigenvalue weighted by atomic mass is 9.75. The predicted octanol–water partition coefficient (Wildman–Crippen LogP) is 3.55. The highest BCUT2D eigenvalue weighted by atomic mass is 15.2. The number of hydrogen-bond acceptors (Lipinski definition) is 2. The van der Waals surface area contributed by atoms with Gasteiger partial charge in [0.1, 0.15) is 0 Å². The lowest BCUT2D eigenvalue weighted by Crippen LogP contribution is -2.63. The lowest BCUT2D eigenvalue weighted by Gasteiger charge is -2.51. The van der Waals surface area contributed by atoms with Crippen LogP contribution in [0, 0.1) is 0 Å². The van der Waals surface area contributed by atoms with E-state index in [9.17, 15) is 0 Å². The van der Waals surface area contributed by atoms with Crippen molar-refractivity contribution in [3.8, 4) is 0 Å². The first kappa shape index (κ1) is 15.0. The van der Waals surface area contributed by atoms with E-state index in [0.29, 0.717) is 11.6 Å². The predicted molar refractivity (Wildman–Crippen MR) is 76.2 cm³/mol. The summed E-state index contributed by atoms with van der Waals surface area (Å²) in [5, 5.41) is 0.